The lowest BCUT2D eigenvalue weighted by Gasteiger charge is -2.31. The molecule has 1 unspecified atom stereocenters. The molecule has 1 aromatic rings. The van der Waals surface area contributed by atoms with Crippen molar-refractivity contribution in [3.63, 3.8) is 0 Å². The summed E-state index contributed by atoms with van der Waals surface area (Å²) in [5.74, 6) is -0.696. The quantitative estimate of drug-likeness (QED) is 0.892. The largest absolute Gasteiger partial charge is 0.312 e. The highest BCUT2D eigenvalue weighted by Gasteiger charge is 2.30. The van der Waals surface area contributed by atoms with Gasteiger partial charge in [0.25, 0.3) is 0 Å². The van der Waals surface area contributed by atoms with Crippen LogP contribution < -0.4 is 5.32 Å². The molecular weight excluding hydrogens is 279 g/mol. The minimum Gasteiger partial charge on any atom is -0.312 e. The van der Waals surface area contributed by atoms with Crippen molar-refractivity contribution in [3.05, 3.63) is 30.1 Å². The Morgan fingerprint density at radius 3 is 2.67 bits per heavy atom. The summed E-state index contributed by atoms with van der Waals surface area (Å²) in [5.41, 5.74) is 0. The van der Waals surface area contributed by atoms with Crippen molar-refractivity contribution in [2.75, 3.05) is 19.6 Å². The predicted octanol–water partition coefficient (Wildman–Crippen LogP) is 1.23. The van der Waals surface area contributed by atoms with Gasteiger partial charge >= 0.3 is 0 Å². The highest BCUT2D eigenvalue weighted by Crippen LogP contribution is 2.19. The van der Waals surface area contributed by atoms with Gasteiger partial charge in [-0.05, 0) is 19.1 Å². The fourth-order valence-corrected chi connectivity index (χ4v) is 3.50. The van der Waals surface area contributed by atoms with Crippen molar-refractivity contribution in [2.24, 2.45) is 0 Å². The Morgan fingerprint density at radius 2 is 2.06 bits per heavy atom. The summed E-state index contributed by atoms with van der Waals surface area (Å²) in [7, 11) is -3.71. The van der Waals surface area contributed by atoms with Crippen molar-refractivity contribution in [2.45, 2.75) is 17.9 Å². The van der Waals surface area contributed by atoms with Gasteiger partial charge in [0, 0.05) is 25.7 Å². The number of sulfonamides is 1. The van der Waals surface area contributed by atoms with E-state index in [2.05, 4.69) is 5.32 Å². The zero-order valence-corrected chi connectivity index (χ0v) is 11.6. The molecule has 18 heavy (non-hydrogen) atoms. The van der Waals surface area contributed by atoms with Gasteiger partial charge in [-0.15, -0.1) is 12.4 Å². The molecule has 1 aromatic carbocycles. The van der Waals surface area contributed by atoms with Crippen LogP contribution >= 0.6 is 12.4 Å². The molecule has 1 atom stereocenters. The van der Waals surface area contributed by atoms with E-state index >= 15 is 0 Å². The summed E-state index contributed by atoms with van der Waals surface area (Å²) >= 11 is 0. The number of benzene rings is 1. The van der Waals surface area contributed by atoms with E-state index in [-0.39, 0.29) is 23.3 Å². The van der Waals surface area contributed by atoms with Crippen LogP contribution in [0.5, 0.6) is 0 Å². The zero-order chi connectivity index (χ0) is 12.5. The summed E-state index contributed by atoms with van der Waals surface area (Å²) < 4.78 is 39.3. The number of hydrogen-bond donors (Lipinski definition) is 1. The van der Waals surface area contributed by atoms with E-state index in [1.165, 1.54) is 28.6 Å². The minimum atomic E-state index is -3.71. The molecular formula is C11H16ClFN2O2S. The monoisotopic (exact) mass is 294 g/mol. The maximum absolute atomic E-state index is 13.5. The summed E-state index contributed by atoms with van der Waals surface area (Å²) in [5, 5.41) is 3.15. The van der Waals surface area contributed by atoms with Gasteiger partial charge in [-0.2, -0.15) is 4.31 Å². The van der Waals surface area contributed by atoms with Crippen LogP contribution in [0.25, 0.3) is 0 Å². The summed E-state index contributed by atoms with van der Waals surface area (Å²) in [4.78, 5) is -0.242. The average molecular weight is 295 g/mol. The van der Waals surface area contributed by atoms with Gasteiger partial charge in [0.15, 0.2) is 0 Å². The van der Waals surface area contributed by atoms with E-state index in [0.29, 0.717) is 19.6 Å². The molecule has 7 heteroatoms. The molecule has 0 spiro atoms. The molecule has 1 saturated heterocycles. The molecule has 0 bridgehead atoms. The summed E-state index contributed by atoms with van der Waals surface area (Å²) in [6.45, 7) is 3.25. The predicted molar refractivity (Wildman–Crippen MR) is 69.9 cm³/mol. The third kappa shape index (κ3) is 3.00. The molecule has 1 aliphatic heterocycles. The Kier molecular flexibility index (Phi) is 5.10. The first-order valence-corrected chi connectivity index (χ1v) is 6.94. The van der Waals surface area contributed by atoms with Crippen molar-refractivity contribution in [1.29, 1.82) is 0 Å². The standard InChI is InChI=1S/C11H15FN2O2S.ClH/c1-9-8-14(7-6-13-9)17(15,16)11-5-3-2-4-10(11)12;/h2-5,9,13H,6-8H2,1H3;1H. The number of rotatable bonds is 2. The second-order valence-electron chi connectivity index (χ2n) is 4.15. The molecule has 0 aliphatic carbocycles. The molecule has 1 aliphatic rings. The second kappa shape index (κ2) is 5.97. The van der Waals surface area contributed by atoms with Gasteiger partial charge in [-0.25, -0.2) is 12.8 Å². The lowest BCUT2D eigenvalue weighted by Crippen LogP contribution is -2.51. The van der Waals surface area contributed by atoms with Gasteiger partial charge < -0.3 is 5.32 Å². The molecule has 102 valence electrons. The topological polar surface area (TPSA) is 49.4 Å². The number of nitrogens with zero attached hydrogens (tertiary/aromatic N) is 1. The zero-order valence-electron chi connectivity index (χ0n) is 9.97. The van der Waals surface area contributed by atoms with E-state index in [0.717, 1.165) is 0 Å². The number of hydrogen-bond acceptors (Lipinski definition) is 3. The van der Waals surface area contributed by atoms with Crippen molar-refractivity contribution < 1.29 is 12.8 Å². The molecule has 0 saturated carbocycles. The summed E-state index contributed by atoms with van der Waals surface area (Å²) in [6, 6.07) is 5.57. The SMILES string of the molecule is CC1CN(S(=O)(=O)c2ccccc2F)CCN1.Cl. The highest BCUT2D eigenvalue weighted by molar-refractivity contribution is 7.89. The molecule has 4 nitrogen and oxygen atoms in total. The number of piperazine rings is 1. The van der Waals surface area contributed by atoms with Crippen molar-refractivity contribution in [3.8, 4) is 0 Å². The second-order valence-corrected chi connectivity index (χ2v) is 6.06. The van der Waals surface area contributed by atoms with Gasteiger partial charge in [-0.3, -0.25) is 0 Å². The van der Waals surface area contributed by atoms with Gasteiger partial charge in [0.05, 0.1) is 0 Å². The fraction of sp³-hybridized carbons (Fsp3) is 0.455. The number of halogens is 2. The first-order chi connectivity index (χ1) is 8.01. The maximum atomic E-state index is 13.5. The van der Waals surface area contributed by atoms with E-state index in [1.807, 2.05) is 6.92 Å². The Morgan fingerprint density at radius 1 is 1.39 bits per heavy atom. The van der Waals surface area contributed by atoms with Crippen LogP contribution in [-0.4, -0.2) is 38.4 Å². The molecule has 0 amide bonds. The average Bonchev–Trinajstić information content (AvgIpc) is 2.29. The number of nitrogens with one attached hydrogen (secondary N) is 1. The molecule has 1 heterocycles. The lowest BCUT2D eigenvalue weighted by molar-refractivity contribution is 0.309. The van der Waals surface area contributed by atoms with E-state index in [9.17, 15) is 12.8 Å². The normalized spacial score (nSPS) is 21.3. The first-order valence-electron chi connectivity index (χ1n) is 5.50. The van der Waals surface area contributed by atoms with Gasteiger partial charge in [-0.1, -0.05) is 12.1 Å². The van der Waals surface area contributed by atoms with E-state index in [1.54, 1.807) is 0 Å². The Labute approximate surface area is 113 Å². The molecule has 0 radical (unpaired) electrons. The summed E-state index contributed by atoms with van der Waals surface area (Å²) in [6.07, 6.45) is 0. The van der Waals surface area contributed by atoms with Crippen LogP contribution in [-0.2, 0) is 10.0 Å². The third-order valence-corrected chi connectivity index (χ3v) is 4.68. The van der Waals surface area contributed by atoms with Crippen LogP contribution in [0.15, 0.2) is 29.2 Å². The molecule has 1 N–H and O–H groups in total. The highest BCUT2D eigenvalue weighted by atomic mass is 35.5. The first kappa shape index (κ1) is 15.4. The Bertz CT molecular complexity index is 510. The van der Waals surface area contributed by atoms with E-state index < -0.39 is 15.8 Å². The van der Waals surface area contributed by atoms with Crippen molar-refractivity contribution in [1.82, 2.24) is 9.62 Å². The molecule has 2 rings (SSSR count). The minimum absolute atomic E-state index is 0. The Balaban J connectivity index is 0.00000162. The van der Waals surface area contributed by atoms with Crippen LogP contribution in [0.4, 0.5) is 4.39 Å². The smallest absolute Gasteiger partial charge is 0.246 e. The van der Waals surface area contributed by atoms with Crippen LogP contribution in [0.3, 0.4) is 0 Å². The molecule has 1 fully saturated rings. The Hall–Kier alpha value is -0.690. The van der Waals surface area contributed by atoms with Gasteiger partial charge in [0.1, 0.15) is 10.7 Å². The molecule has 0 aromatic heterocycles. The van der Waals surface area contributed by atoms with Crippen LogP contribution in [0, 0.1) is 5.82 Å². The van der Waals surface area contributed by atoms with Crippen molar-refractivity contribution >= 4 is 22.4 Å². The van der Waals surface area contributed by atoms with Crippen LogP contribution in [0.1, 0.15) is 6.92 Å². The lowest BCUT2D eigenvalue weighted by atomic mass is 10.3. The fourth-order valence-electron chi connectivity index (χ4n) is 1.91. The van der Waals surface area contributed by atoms with Crippen LogP contribution in [0.2, 0.25) is 0 Å². The van der Waals surface area contributed by atoms with E-state index in [4.69, 9.17) is 0 Å². The third-order valence-electron chi connectivity index (χ3n) is 2.79. The van der Waals surface area contributed by atoms with Gasteiger partial charge in [0.2, 0.25) is 10.0 Å². The maximum Gasteiger partial charge on any atom is 0.246 e.